The predicted octanol–water partition coefficient (Wildman–Crippen LogP) is 3.37. The second-order valence-electron chi connectivity index (χ2n) is 5.71. The van der Waals surface area contributed by atoms with Crippen molar-refractivity contribution >= 4 is 21.8 Å². The molecule has 2 aliphatic rings. The van der Waals surface area contributed by atoms with Crippen LogP contribution in [0.25, 0.3) is 0 Å². The van der Waals surface area contributed by atoms with Crippen molar-refractivity contribution in [1.82, 2.24) is 4.90 Å². The molecule has 20 heavy (non-hydrogen) atoms. The maximum Gasteiger partial charge on any atom is 0.226 e. The fourth-order valence-electron chi connectivity index (χ4n) is 2.78. The van der Waals surface area contributed by atoms with E-state index in [0.717, 1.165) is 49.9 Å². The zero-order valence-electron chi connectivity index (χ0n) is 11.6. The van der Waals surface area contributed by atoms with Crippen LogP contribution in [0.3, 0.4) is 0 Å². The molecule has 1 saturated heterocycles. The Morgan fingerprint density at radius 2 is 2.00 bits per heavy atom. The van der Waals surface area contributed by atoms with Crippen LogP contribution in [-0.2, 0) is 16.1 Å². The highest BCUT2D eigenvalue weighted by Gasteiger charge is 2.36. The van der Waals surface area contributed by atoms with E-state index in [9.17, 15) is 4.79 Å². The molecule has 0 spiro atoms. The first-order valence-electron chi connectivity index (χ1n) is 7.37. The van der Waals surface area contributed by atoms with Gasteiger partial charge in [0.2, 0.25) is 5.91 Å². The molecule has 1 amide bonds. The van der Waals surface area contributed by atoms with Crippen LogP contribution in [0.5, 0.6) is 0 Å². The highest BCUT2D eigenvalue weighted by atomic mass is 79.9. The lowest BCUT2D eigenvalue weighted by atomic mass is 9.98. The number of hydrogen-bond donors (Lipinski definition) is 0. The van der Waals surface area contributed by atoms with Crippen LogP contribution in [0, 0.1) is 5.92 Å². The molecular formula is C16H20BrNO2. The molecule has 1 aliphatic carbocycles. The van der Waals surface area contributed by atoms with Gasteiger partial charge in [-0.3, -0.25) is 4.79 Å². The average Bonchev–Trinajstić information content (AvgIpc) is 3.30. The first kappa shape index (κ1) is 14.1. The Hall–Kier alpha value is -0.870. The Labute approximate surface area is 128 Å². The molecule has 0 bridgehead atoms. The molecule has 3 nitrogen and oxygen atoms in total. The molecule has 108 valence electrons. The molecule has 0 N–H and O–H groups in total. The average molecular weight is 338 g/mol. The summed E-state index contributed by atoms with van der Waals surface area (Å²) in [5.41, 5.74) is 1.20. The summed E-state index contributed by atoms with van der Waals surface area (Å²) in [5.74, 6) is 0.493. The van der Waals surface area contributed by atoms with Crippen molar-refractivity contribution in [2.45, 2.75) is 38.3 Å². The summed E-state index contributed by atoms with van der Waals surface area (Å²) >= 11 is 3.50. The van der Waals surface area contributed by atoms with Crippen molar-refractivity contribution in [3.63, 3.8) is 0 Å². The number of halogens is 1. The van der Waals surface area contributed by atoms with Gasteiger partial charge in [-0.05, 0) is 43.4 Å². The number of nitrogens with zero attached hydrogens (tertiary/aromatic N) is 1. The molecule has 1 aliphatic heterocycles. The first-order chi connectivity index (χ1) is 9.74. The number of rotatable bonds is 4. The van der Waals surface area contributed by atoms with Crippen molar-refractivity contribution in [1.29, 1.82) is 0 Å². The fourth-order valence-corrected chi connectivity index (χ4v) is 3.23. The van der Waals surface area contributed by atoms with Gasteiger partial charge in [-0.25, -0.2) is 0 Å². The monoisotopic (exact) mass is 337 g/mol. The minimum Gasteiger partial charge on any atom is -0.381 e. The van der Waals surface area contributed by atoms with Crippen LogP contribution >= 0.6 is 15.9 Å². The minimum absolute atomic E-state index is 0.163. The topological polar surface area (TPSA) is 29.5 Å². The molecule has 0 atom stereocenters. The molecule has 4 heteroatoms. The maximum absolute atomic E-state index is 12.7. The number of benzene rings is 1. The van der Waals surface area contributed by atoms with E-state index in [1.165, 1.54) is 5.56 Å². The smallest absolute Gasteiger partial charge is 0.226 e. The van der Waals surface area contributed by atoms with E-state index in [2.05, 4.69) is 33.0 Å². The van der Waals surface area contributed by atoms with Crippen molar-refractivity contribution in [3.8, 4) is 0 Å². The van der Waals surface area contributed by atoms with Gasteiger partial charge in [0.05, 0.1) is 0 Å². The Kier molecular flexibility index (Phi) is 4.41. The molecule has 1 heterocycles. The Morgan fingerprint density at radius 3 is 2.65 bits per heavy atom. The van der Waals surface area contributed by atoms with Crippen molar-refractivity contribution in [2.24, 2.45) is 5.92 Å². The third-order valence-corrected chi connectivity index (χ3v) is 4.58. The first-order valence-corrected chi connectivity index (χ1v) is 8.16. The number of carbonyl (C=O) groups is 1. The standard InChI is InChI=1S/C16H20BrNO2/c17-14-3-1-2-12(10-14)11-18(15-4-5-15)16(19)13-6-8-20-9-7-13/h1-3,10,13,15H,4-9,11H2. The zero-order chi connectivity index (χ0) is 13.9. The normalized spacial score (nSPS) is 19.9. The maximum atomic E-state index is 12.7. The van der Waals surface area contributed by atoms with Gasteiger partial charge in [-0.1, -0.05) is 28.1 Å². The molecule has 3 rings (SSSR count). The number of hydrogen-bond acceptors (Lipinski definition) is 2. The van der Waals surface area contributed by atoms with Crippen molar-refractivity contribution < 1.29 is 9.53 Å². The minimum atomic E-state index is 0.163. The lowest BCUT2D eigenvalue weighted by Crippen LogP contribution is -2.39. The third-order valence-electron chi connectivity index (χ3n) is 4.08. The third kappa shape index (κ3) is 3.41. The Morgan fingerprint density at radius 1 is 1.25 bits per heavy atom. The van der Waals surface area contributed by atoms with Crippen LogP contribution in [-0.4, -0.2) is 30.1 Å². The van der Waals surface area contributed by atoms with E-state index in [0.29, 0.717) is 11.9 Å². The molecule has 1 aromatic carbocycles. The van der Waals surface area contributed by atoms with Gasteiger partial charge in [0.1, 0.15) is 0 Å². The summed E-state index contributed by atoms with van der Waals surface area (Å²) in [7, 11) is 0. The number of carbonyl (C=O) groups excluding carboxylic acids is 1. The van der Waals surface area contributed by atoms with Crippen molar-refractivity contribution in [2.75, 3.05) is 13.2 Å². The molecule has 2 fully saturated rings. The summed E-state index contributed by atoms with van der Waals surface area (Å²) in [6.45, 7) is 2.19. The quantitative estimate of drug-likeness (QED) is 0.842. The van der Waals surface area contributed by atoms with Gasteiger partial charge < -0.3 is 9.64 Å². The van der Waals surface area contributed by atoms with E-state index in [-0.39, 0.29) is 5.92 Å². The van der Waals surface area contributed by atoms with Gasteiger partial charge in [-0.2, -0.15) is 0 Å². The predicted molar refractivity (Wildman–Crippen MR) is 81.3 cm³/mol. The summed E-state index contributed by atoms with van der Waals surface area (Å²) in [4.78, 5) is 14.8. The number of ether oxygens (including phenoxy) is 1. The fraction of sp³-hybridized carbons (Fsp3) is 0.562. The van der Waals surface area contributed by atoms with E-state index < -0.39 is 0 Å². The lowest BCUT2D eigenvalue weighted by molar-refractivity contribution is -0.139. The van der Waals surface area contributed by atoms with Gasteiger partial charge in [0.25, 0.3) is 0 Å². The summed E-state index contributed by atoms with van der Waals surface area (Å²) in [5, 5.41) is 0. The van der Waals surface area contributed by atoms with Gasteiger partial charge in [-0.15, -0.1) is 0 Å². The second-order valence-corrected chi connectivity index (χ2v) is 6.63. The van der Waals surface area contributed by atoms with Crippen LogP contribution < -0.4 is 0 Å². The summed E-state index contributed by atoms with van der Waals surface area (Å²) < 4.78 is 6.44. The summed E-state index contributed by atoms with van der Waals surface area (Å²) in [6.07, 6.45) is 4.06. The largest absolute Gasteiger partial charge is 0.381 e. The van der Waals surface area contributed by atoms with E-state index in [1.807, 2.05) is 12.1 Å². The summed E-state index contributed by atoms with van der Waals surface area (Å²) in [6, 6.07) is 8.71. The SMILES string of the molecule is O=C(C1CCOCC1)N(Cc1cccc(Br)c1)C1CC1. The second kappa shape index (κ2) is 6.27. The van der Waals surface area contributed by atoms with Crippen LogP contribution in [0.15, 0.2) is 28.7 Å². The van der Waals surface area contributed by atoms with E-state index in [1.54, 1.807) is 0 Å². The molecule has 0 radical (unpaired) electrons. The molecule has 0 aromatic heterocycles. The lowest BCUT2D eigenvalue weighted by Gasteiger charge is -2.29. The van der Waals surface area contributed by atoms with Gasteiger partial charge in [0.15, 0.2) is 0 Å². The van der Waals surface area contributed by atoms with Gasteiger partial charge in [0, 0.05) is 36.2 Å². The Balaban J connectivity index is 1.70. The van der Waals surface area contributed by atoms with Crippen LogP contribution in [0.1, 0.15) is 31.2 Å². The zero-order valence-corrected chi connectivity index (χ0v) is 13.1. The molecular weight excluding hydrogens is 318 g/mol. The van der Waals surface area contributed by atoms with E-state index >= 15 is 0 Å². The molecule has 1 aromatic rings. The highest BCUT2D eigenvalue weighted by molar-refractivity contribution is 9.10. The van der Waals surface area contributed by atoms with E-state index in [4.69, 9.17) is 4.74 Å². The van der Waals surface area contributed by atoms with Crippen molar-refractivity contribution in [3.05, 3.63) is 34.3 Å². The van der Waals surface area contributed by atoms with Crippen LogP contribution in [0.2, 0.25) is 0 Å². The molecule has 1 saturated carbocycles. The van der Waals surface area contributed by atoms with Crippen LogP contribution in [0.4, 0.5) is 0 Å². The Bertz CT molecular complexity index is 481. The highest BCUT2D eigenvalue weighted by Crippen LogP contribution is 2.31. The molecule has 0 unspecified atom stereocenters. The number of amides is 1. The van der Waals surface area contributed by atoms with Gasteiger partial charge >= 0.3 is 0 Å².